The highest BCUT2D eigenvalue weighted by atomic mass is 35.5. The van der Waals surface area contributed by atoms with Crippen molar-refractivity contribution in [1.29, 1.82) is 0 Å². The zero-order valence-electron chi connectivity index (χ0n) is 11.5. The van der Waals surface area contributed by atoms with Crippen molar-refractivity contribution in [3.05, 3.63) is 11.6 Å². The summed E-state index contributed by atoms with van der Waals surface area (Å²) in [5.41, 5.74) is 1.55. The molecule has 0 amide bonds. The Labute approximate surface area is 117 Å². The Bertz CT molecular complexity index is 550. The fraction of sp³-hybridized carbons (Fsp3) is 0.583. The summed E-state index contributed by atoms with van der Waals surface area (Å²) in [6.07, 6.45) is 2.80. The topological polar surface area (TPSA) is 58.9 Å². The number of hydrogen-bond acceptors (Lipinski definition) is 5. The SMILES string of the molecule is CCn1cnc2nc(Cl)nc(NCCCN(C)C)c21. The molecular formula is C12H19ClN6. The first kappa shape index (κ1) is 14.0. The third-order valence-corrected chi connectivity index (χ3v) is 3.03. The maximum atomic E-state index is 5.92. The van der Waals surface area contributed by atoms with E-state index in [-0.39, 0.29) is 5.28 Å². The van der Waals surface area contributed by atoms with Gasteiger partial charge in [-0.1, -0.05) is 0 Å². The zero-order valence-corrected chi connectivity index (χ0v) is 12.3. The second kappa shape index (κ2) is 6.16. The van der Waals surface area contributed by atoms with Crippen LogP contribution in [0.2, 0.25) is 5.28 Å². The lowest BCUT2D eigenvalue weighted by molar-refractivity contribution is 0.405. The summed E-state index contributed by atoms with van der Waals surface area (Å²) >= 11 is 5.92. The minimum atomic E-state index is 0.226. The lowest BCUT2D eigenvalue weighted by Crippen LogP contribution is -2.17. The normalized spacial score (nSPS) is 11.4. The van der Waals surface area contributed by atoms with Crippen molar-refractivity contribution in [2.45, 2.75) is 19.9 Å². The lowest BCUT2D eigenvalue weighted by Gasteiger charge is -2.11. The molecule has 19 heavy (non-hydrogen) atoms. The molecule has 2 heterocycles. The maximum absolute atomic E-state index is 5.92. The molecule has 0 unspecified atom stereocenters. The fourth-order valence-corrected chi connectivity index (χ4v) is 2.08. The van der Waals surface area contributed by atoms with Crippen molar-refractivity contribution in [3.63, 3.8) is 0 Å². The van der Waals surface area contributed by atoms with Crippen molar-refractivity contribution >= 4 is 28.6 Å². The van der Waals surface area contributed by atoms with Crippen LogP contribution in [0.4, 0.5) is 5.82 Å². The largest absolute Gasteiger partial charge is 0.368 e. The first-order chi connectivity index (χ1) is 9.11. The van der Waals surface area contributed by atoms with Crippen LogP contribution < -0.4 is 5.32 Å². The van der Waals surface area contributed by atoms with E-state index in [0.717, 1.165) is 37.4 Å². The molecule has 2 rings (SSSR count). The summed E-state index contributed by atoms with van der Waals surface area (Å²) in [4.78, 5) is 14.8. The van der Waals surface area contributed by atoms with Gasteiger partial charge in [-0.05, 0) is 45.6 Å². The van der Waals surface area contributed by atoms with E-state index >= 15 is 0 Å². The van der Waals surface area contributed by atoms with Gasteiger partial charge in [0.1, 0.15) is 5.52 Å². The molecule has 0 atom stereocenters. The predicted octanol–water partition coefficient (Wildman–Crippen LogP) is 1.86. The van der Waals surface area contributed by atoms with Crippen LogP contribution >= 0.6 is 11.6 Å². The molecule has 6 nitrogen and oxygen atoms in total. The van der Waals surface area contributed by atoms with Crippen molar-refractivity contribution in [3.8, 4) is 0 Å². The second-order valence-electron chi connectivity index (χ2n) is 4.63. The lowest BCUT2D eigenvalue weighted by atomic mass is 10.4. The number of rotatable bonds is 6. The monoisotopic (exact) mass is 282 g/mol. The van der Waals surface area contributed by atoms with Crippen molar-refractivity contribution in [1.82, 2.24) is 24.4 Å². The Morgan fingerprint density at radius 3 is 2.84 bits per heavy atom. The van der Waals surface area contributed by atoms with Crippen LogP contribution in [0, 0.1) is 0 Å². The number of anilines is 1. The Morgan fingerprint density at radius 2 is 2.16 bits per heavy atom. The Morgan fingerprint density at radius 1 is 1.37 bits per heavy atom. The summed E-state index contributed by atoms with van der Waals surface area (Å²) in [6, 6.07) is 0. The second-order valence-corrected chi connectivity index (χ2v) is 4.97. The number of nitrogens with zero attached hydrogens (tertiary/aromatic N) is 5. The van der Waals surface area contributed by atoms with Gasteiger partial charge in [0, 0.05) is 13.1 Å². The molecule has 2 aromatic rings. The minimum Gasteiger partial charge on any atom is -0.368 e. The number of hydrogen-bond donors (Lipinski definition) is 1. The van der Waals surface area contributed by atoms with E-state index in [9.17, 15) is 0 Å². The molecule has 0 radical (unpaired) electrons. The quantitative estimate of drug-likeness (QED) is 0.647. The molecule has 0 aliphatic heterocycles. The van der Waals surface area contributed by atoms with Crippen molar-refractivity contribution < 1.29 is 0 Å². The molecule has 0 spiro atoms. The number of fused-ring (bicyclic) bond motifs is 1. The summed E-state index contributed by atoms with van der Waals surface area (Å²) in [6.45, 7) is 4.76. The smallest absolute Gasteiger partial charge is 0.226 e. The molecule has 2 aromatic heterocycles. The Kier molecular flexibility index (Phi) is 4.55. The van der Waals surface area contributed by atoms with Crippen LogP contribution in [-0.4, -0.2) is 51.6 Å². The molecule has 1 N–H and O–H groups in total. The summed E-state index contributed by atoms with van der Waals surface area (Å²) in [7, 11) is 4.12. The highest BCUT2D eigenvalue weighted by molar-refractivity contribution is 6.28. The van der Waals surface area contributed by atoms with Gasteiger partial charge in [0.25, 0.3) is 0 Å². The molecule has 0 saturated carbocycles. The summed E-state index contributed by atoms with van der Waals surface area (Å²) < 4.78 is 2.01. The van der Waals surface area contributed by atoms with Crippen molar-refractivity contribution in [2.24, 2.45) is 0 Å². The van der Waals surface area contributed by atoms with Gasteiger partial charge >= 0.3 is 0 Å². The number of nitrogens with one attached hydrogen (secondary N) is 1. The van der Waals surface area contributed by atoms with E-state index in [1.807, 2.05) is 4.57 Å². The highest BCUT2D eigenvalue weighted by Crippen LogP contribution is 2.21. The minimum absolute atomic E-state index is 0.226. The first-order valence-electron chi connectivity index (χ1n) is 6.38. The first-order valence-corrected chi connectivity index (χ1v) is 6.76. The van der Waals surface area contributed by atoms with Crippen molar-refractivity contribution in [2.75, 3.05) is 32.5 Å². The van der Waals surface area contributed by atoms with Gasteiger partial charge in [-0.2, -0.15) is 9.97 Å². The van der Waals surface area contributed by atoms with E-state index < -0.39 is 0 Å². The molecular weight excluding hydrogens is 264 g/mol. The van der Waals surface area contributed by atoms with Crippen LogP contribution in [0.15, 0.2) is 6.33 Å². The van der Waals surface area contributed by atoms with Crippen LogP contribution in [0.3, 0.4) is 0 Å². The van der Waals surface area contributed by atoms with E-state index in [1.165, 1.54) is 0 Å². The summed E-state index contributed by atoms with van der Waals surface area (Å²) in [5, 5.41) is 3.55. The number of halogens is 1. The van der Waals surface area contributed by atoms with E-state index in [2.05, 4.69) is 46.2 Å². The molecule has 0 aliphatic carbocycles. The number of imidazole rings is 1. The molecule has 7 heteroatoms. The third-order valence-electron chi connectivity index (χ3n) is 2.86. The van der Waals surface area contributed by atoms with Crippen LogP contribution in [0.1, 0.15) is 13.3 Å². The van der Waals surface area contributed by atoms with Gasteiger partial charge in [0.2, 0.25) is 5.28 Å². The standard InChI is InChI=1S/C12H19ClN6/c1-4-19-8-15-11-9(19)10(16-12(13)17-11)14-6-5-7-18(2)3/h8H,4-7H2,1-3H3,(H,14,16,17). The van der Waals surface area contributed by atoms with E-state index in [0.29, 0.717) is 5.65 Å². The molecule has 104 valence electrons. The van der Waals surface area contributed by atoms with Crippen LogP contribution in [0.25, 0.3) is 11.2 Å². The average molecular weight is 283 g/mol. The number of aromatic nitrogens is 4. The van der Waals surface area contributed by atoms with E-state index in [1.54, 1.807) is 6.33 Å². The number of aryl methyl sites for hydroxylation is 1. The third kappa shape index (κ3) is 3.33. The summed E-state index contributed by atoms with van der Waals surface area (Å²) in [5.74, 6) is 0.758. The van der Waals surface area contributed by atoms with Gasteiger partial charge in [-0.25, -0.2) is 4.98 Å². The van der Waals surface area contributed by atoms with E-state index in [4.69, 9.17) is 11.6 Å². The predicted molar refractivity (Wildman–Crippen MR) is 77.7 cm³/mol. The Hall–Kier alpha value is -1.40. The average Bonchev–Trinajstić information content (AvgIpc) is 2.76. The molecule has 0 aliphatic rings. The fourth-order valence-electron chi connectivity index (χ4n) is 1.92. The van der Waals surface area contributed by atoms with Gasteiger partial charge in [-0.3, -0.25) is 0 Å². The molecule has 0 fully saturated rings. The molecule has 0 aromatic carbocycles. The molecule has 0 saturated heterocycles. The zero-order chi connectivity index (χ0) is 13.8. The maximum Gasteiger partial charge on any atom is 0.226 e. The van der Waals surface area contributed by atoms with Gasteiger partial charge < -0.3 is 14.8 Å². The van der Waals surface area contributed by atoms with Gasteiger partial charge in [0.05, 0.1) is 6.33 Å². The van der Waals surface area contributed by atoms with Crippen LogP contribution in [-0.2, 0) is 6.54 Å². The Balaban J connectivity index is 2.18. The molecule has 0 bridgehead atoms. The van der Waals surface area contributed by atoms with Gasteiger partial charge in [0.15, 0.2) is 11.5 Å². The van der Waals surface area contributed by atoms with Crippen LogP contribution in [0.5, 0.6) is 0 Å². The van der Waals surface area contributed by atoms with Gasteiger partial charge in [-0.15, -0.1) is 0 Å². The highest BCUT2D eigenvalue weighted by Gasteiger charge is 2.11.